The predicted molar refractivity (Wildman–Crippen MR) is 113 cm³/mol. The number of rotatable bonds is 8. The summed E-state index contributed by atoms with van der Waals surface area (Å²) in [6.45, 7) is 0.705. The van der Waals surface area contributed by atoms with Crippen LogP contribution in [0.1, 0.15) is 11.1 Å². The lowest BCUT2D eigenvalue weighted by Crippen LogP contribution is -2.10. The topological polar surface area (TPSA) is 62.4 Å². The van der Waals surface area contributed by atoms with Crippen LogP contribution in [0, 0.1) is 0 Å². The molecule has 0 bridgehead atoms. The molecule has 4 N–H and O–H groups in total. The van der Waals surface area contributed by atoms with E-state index in [2.05, 4.69) is 15.0 Å². The Morgan fingerprint density at radius 1 is 1.18 bits per heavy atom. The van der Waals surface area contributed by atoms with E-state index in [1.807, 2.05) is 13.1 Å². The molecule has 0 spiro atoms. The van der Waals surface area contributed by atoms with Crippen LogP contribution in [-0.4, -0.2) is 32.6 Å². The van der Waals surface area contributed by atoms with Gasteiger partial charge in [-0.05, 0) is 48.5 Å². The maximum Gasteiger partial charge on any atom is 0.416 e. The molecule has 0 heterocycles. The largest absolute Gasteiger partial charge is 0.416 e. The molecule has 0 fully saturated rings. The van der Waals surface area contributed by atoms with Gasteiger partial charge in [0.1, 0.15) is 0 Å². The average molecular weight is 408 g/mol. The van der Waals surface area contributed by atoms with Crippen LogP contribution < -0.4 is 15.8 Å². The molecule has 0 amide bonds. The second-order valence-electron chi connectivity index (χ2n) is 5.85. The zero-order chi connectivity index (χ0) is 20.6. The zero-order valence-corrected chi connectivity index (χ0v) is 16.5. The van der Waals surface area contributed by atoms with Gasteiger partial charge in [0.05, 0.1) is 5.56 Å². The van der Waals surface area contributed by atoms with Crippen molar-refractivity contribution in [3.05, 3.63) is 59.7 Å². The molecule has 28 heavy (non-hydrogen) atoms. The van der Waals surface area contributed by atoms with Crippen molar-refractivity contribution < 1.29 is 13.2 Å². The first-order valence-corrected chi connectivity index (χ1v) is 9.57. The number of allylic oxidation sites excluding steroid dienone is 1. The number of hydrogen-bond acceptors (Lipinski definition) is 5. The van der Waals surface area contributed by atoms with Gasteiger partial charge >= 0.3 is 6.18 Å². The Hall–Kier alpha value is -2.45. The fraction of sp³-hybridized carbons (Fsp3) is 0.250. The van der Waals surface area contributed by atoms with Gasteiger partial charge in [0, 0.05) is 42.5 Å². The van der Waals surface area contributed by atoms with Crippen molar-refractivity contribution in [3.8, 4) is 11.1 Å². The van der Waals surface area contributed by atoms with Crippen molar-refractivity contribution in [3.63, 3.8) is 0 Å². The summed E-state index contributed by atoms with van der Waals surface area (Å²) in [5.74, 6) is 0.839. The minimum absolute atomic E-state index is 0.475. The van der Waals surface area contributed by atoms with E-state index in [1.54, 1.807) is 49.5 Å². The predicted octanol–water partition coefficient (Wildman–Crippen LogP) is 4.65. The van der Waals surface area contributed by atoms with Gasteiger partial charge in [0.15, 0.2) is 0 Å². The number of nitrogens with two attached hydrogens (primary N) is 1. The fourth-order valence-corrected chi connectivity index (χ4v) is 2.98. The Morgan fingerprint density at radius 2 is 1.93 bits per heavy atom. The maximum absolute atomic E-state index is 13.0. The van der Waals surface area contributed by atoms with Gasteiger partial charge < -0.3 is 11.1 Å². The highest BCUT2D eigenvalue weighted by Crippen LogP contribution is 2.34. The SMILES string of the molecule is CN=C/C=C(\N)c1cc(-c2cccc(C(F)(F)F)c2)ccc1NCCSNC. The van der Waals surface area contributed by atoms with Crippen molar-refractivity contribution in [2.45, 2.75) is 6.18 Å². The molecule has 2 rings (SSSR count). The molecule has 8 heteroatoms. The number of hydrogen-bond donors (Lipinski definition) is 3. The summed E-state index contributed by atoms with van der Waals surface area (Å²) in [4.78, 5) is 3.90. The number of alkyl halides is 3. The van der Waals surface area contributed by atoms with E-state index < -0.39 is 11.7 Å². The van der Waals surface area contributed by atoms with Crippen LogP contribution in [-0.2, 0) is 6.18 Å². The van der Waals surface area contributed by atoms with Gasteiger partial charge in [-0.15, -0.1) is 0 Å². The lowest BCUT2D eigenvalue weighted by Gasteiger charge is -2.15. The average Bonchev–Trinajstić information content (AvgIpc) is 2.69. The van der Waals surface area contributed by atoms with Crippen LogP contribution in [0.4, 0.5) is 18.9 Å². The third-order valence-corrected chi connectivity index (χ3v) is 4.62. The fourth-order valence-electron chi connectivity index (χ4n) is 2.58. The second kappa shape index (κ2) is 10.2. The van der Waals surface area contributed by atoms with Crippen molar-refractivity contribution in [2.75, 3.05) is 31.7 Å². The molecule has 0 aliphatic carbocycles. The Kier molecular flexibility index (Phi) is 7.95. The molecular weight excluding hydrogens is 385 g/mol. The van der Waals surface area contributed by atoms with Crippen molar-refractivity contribution in [2.24, 2.45) is 10.7 Å². The second-order valence-corrected chi connectivity index (χ2v) is 6.95. The Morgan fingerprint density at radius 3 is 2.61 bits per heavy atom. The van der Waals surface area contributed by atoms with Crippen molar-refractivity contribution in [1.29, 1.82) is 0 Å². The van der Waals surface area contributed by atoms with Gasteiger partial charge in [-0.1, -0.05) is 30.1 Å². The molecule has 4 nitrogen and oxygen atoms in total. The molecule has 0 radical (unpaired) electrons. The number of anilines is 1. The van der Waals surface area contributed by atoms with E-state index in [0.717, 1.165) is 23.6 Å². The van der Waals surface area contributed by atoms with Crippen molar-refractivity contribution >= 4 is 29.5 Å². The summed E-state index contributed by atoms with van der Waals surface area (Å²) in [7, 11) is 3.49. The van der Waals surface area contributed by atoms with Gasteiger partial charge in [-0.2, -0.15) is 13.2 Å². The van der Waals surface area contributed by atoms with Crippen LogP contribution in [0.5, 0.6) is 0 Å². The van der Waals surface area contributed by atoms with Crippen LogP contribution in [0.15, 0.2) is 53.5 Å². The first-order valence-electron chi connectivity index (χ1n) is 8.59. The minimum Gasteiger partial charge on any atom is -0.398 e. The highest BCUT2D eigenvalue weighted by atomic mass is 32.2. The number of benzene rings is 2. The number of aliphatic imine (C=N–C) groups is 1. The summed E-state index contributed by atoms with van der Waals surface area (Å²) in [6, 6.07) is 10.7. The van der Waals surface area contributed by atoms with E-state index in [-0.39, 0.29) is 0 Å². The van der Waals surface area contributed by atoms with E-state index in [9.17, 15) is 13.2 Å². The Labute approximate surface area is 167 Å². The van der Waals surface area contributed by atoms with Crippen LogP contribution in [0.25, 0.3) is 16.8 Å². The number of halogens is 3. The van der Waals surface area contributed by atoms with E-state index >= 15 is 0 Å². The third-order valence-electron chi connectivity index (χ3n) is 3.92. The highest BCUT2D eigenvalue weighted by molar-refractivity contribution is 7.97. The number of nitrogens with one attached hydrogen (secondary N) is 2. The molecule has 0 saturated heterocycles. The maximum atomic E-state index is 13.0. The van der Waals surface area contributed by atoms with Gasteiger partial charge in [-0.25, -0.2) is 0 Å². The lowest BCUT2D eigenvalue weighted by atomic mass is 9.98. The van der Waals surface area contributed by atoms with Gasteiger partial charge in [0.2, 0.25) is 0 Å². The van der Waals surface area contributed by atoms with Gasteiger partial charge in [0.25, 0.3) is 0 Å². The summed E-state index contributed by atoms with van der Waals surface area (Å²) in [6.07, 6.45) is -1.15. The highest BCUT2D eigenvalue weighted by Gasteiger charge is 2.30. The van der Waals surface area contributed by atoms with Crippen LogP contribution >= 0.6 is 11.9 Å². The summed E-state index contributed by atoms with van der Waals surface area (Å²) < 4.78 is 42.1. The number of nitrogens with zero attached hydrogens (tertiary/aromatic N) is 1. The summed E-state index contributed by atoms with van der Waals surface area (Å²) in [5.41, 5.74) is 8.64. The zero-order valence-electron chi connectivity index (χ0n) is 15.7. The quantitative estimate of drug-likeness (QED) is 0.338. The molecule has 2 aromatic carbocycles. The molecule has 0 aliphatic rings. The lowest BCUT2D eigenvalue weighted by molar-refractivity contribution is -0.137. The van der Waals surface area contributed by atoms with E-state index in [4.69, 9.17) is 5.73 Å². The summed E-state index contributed by atoms with van der Waals surface area (Å²) in [5, 5.41) is 3.31. The molecular formula is C20H23F3N4S. The Balaban J connectivity index is 2.42. The molecule has 0 unspecified atom stereocenters. The van der Waals surface area contributed by atoms with E-state index in [0.29, 0.717) is 28.9 Å². The van der Waals surface area contributed by atoms with Crippen LogP contribution in [0.2, 0.25) is 0 Å². The van der Waals surface area contributed by atoms with Crippen molar-refractivity contribution in [1.82, 2.24) is 4.72 Å². The molecule has 0 aromatic heterocycles. The monoisotopic (exact) mass is 408 g/mol. The standard InChI is InChI=1S/C20H23F3N4S/c1-25-9-8-18(24)17-13-15(6-7-19(17)27-10-11-28-26-2)14-4-3-5-16(12-14)20(21,22)23/h3-9,12-13,26-27H,10-11,24H2,1-2H3/b18-8-,25-9?. The molecule has 0 atom stereocenters. The molecule has 0 aliphatic heterocycles. The third kappa shape index (κ3) is 6.03. The molecule has 2 aromatic rings. The van der Waals surface area contributed by atoms with Gasteiger partial charge in [-0.3, -0.25) is 9.71 Å². The minimum atomic E-state index is -4.39. The van der Waals surface area contributed by atoms with E-state index in [1.165, 1.54) is 6.07 Å². The summed E-state index contributed by atoms with van der Waals surface area (Å²) >= 11 is 1.57. The molecule has 0 saturated carbocycles. The first kappa shape index (κ1) is 21.8. The smallest absolute Gasteiger partial charge is 0.398 e. The normalized spacial score (nSPS) is 12.5. The Bertz CT molecular complexity index is 848. The van der Waals surface area contributed by atoms with Crippen LogP contribution in [0.3, 0.4) is 0 Å². The molecule has 150 valence electrons. The first-order chi connectivity index (χ1) is 13.4.